The summed E-state index contributed by atoms with van der Waals surface area (Å²) in [5, 5.41) is 3.24. The second-order valence-electron chi connectivity index (χ2n) is 4.01. The van der Waals surface area contributed by atoms with Crippen molar-refractivity contribution < 1.29 is 4.74 Å². The van der Waals surface area contributed by atoms with Crippen molar-refractivity contribution in [3.05, 3.63) is 33.2 Å². The predicted octanol–water partition coefficient (Wildman–Crippen LogP) is 2.28. The lowest BCUT2D eigenvalue weighted by Crippen LogP contribution is -2.13. The summed E-state index contributed by atoms with van der Waals surface area (Å²) in [4.78, 5) is 9.75. The molecule has 4 N–H and O–H groups in total. The van der Waals surface area contributed by atoms with E-state index in [0.717, 1.165) is 17.3 Å². The lowest BCUT2D eigenvalue weighted by Gasteiger charge is -2.09. The average molecular weight is 314 g/mol. The maximum atomic E-state index is 5.89. The first kappa shape index (κ1) is 15.0. The van der Waals surface area contributed by atoms with Gasteiger partial charge in [0.15, 0.2) is 5.82 Å². The van der Waals surface area contributed by atoms with Crippen LogP contribution in [0.2, 0.25) is 4.34 Å². The van der Waals surface area contributed by atoms with Crippen molar-refractivity contribution in [3.63, 3.8) is 0 Å². The number of methoxy groups -OCH3 is 1. The van der Waals surface area contributed by atoms with Crippen molar-refractivity contribution in [2.45, 2.75) is 13.0 Å². The molecule has 0 aliphatic rings. The van der Waals surface area contributed by atoms with Crippen LogP contribution in [0.15, 0.2) is 18.2 Å². The zero-order valence-electron chi connectivity index (χ0n) is 11.0. The third-order valence-corrected chi connectivity index (χ3v) is 3.79. The van der Waals surface area contributed by atoms with Gasteiger partial charge in [0.1, 0.15) is 18.2 Å². The number of nitrogens with two attached hydrogens (primary N) is 1. The van der Waals surface area contributed by atoms with Crippen molar-refractivity contribution in [1.29, 1.82) is 0 Å². The third kappa shape index (κ3) is 4.31. The van der Waals surface area contributed by atoms with Crippen LogP contribution in [0.5, 0.6) is 0 Å². The van der Waals surface area contributed by atoms with Crippen LogP contribution in [-0.2, 0) is 17.8 Å². The Bertz CT molecular complexity index is 563. The Kier molecular flexibility index (Phi) is 5.54. The molecular weight excluding hydrogens is 298 g/mol. The van der Waals surface area contributed by atoms with Crippen LogP contribution in [0.1, 0.15) is 10.7 Å². The van der Waals surface area contributed by atoms with Gasteiger partial charge in [0.25, 0.3) is 0 Å². The molecular formula is C12H16ClN5OS. The lowest BCUT2D eigenvalue weighted by atomic mass is 10.3. The van der Waals surface area contributed by atoms with Crippen molar-refractivity contribution in [2.24, 2.45) is 5.84 Å². The Morgan fingerprint density at radius 3 is 2.80 bits per heavy atom. The third-order valence-electron chi connectivity index (χ3n) is 2.50. The lowest BCUT2D eigenvalue weighted by molar-refractivity contribution is 0.178. The molecule has 20 heavy (non-hydrogen) atoms. The van der Waals surface area contributed by atoms with Crippen molar-refractivity contribution in [3.8, 4) is 0 Å². The van der Waals surface area contributed by atoms with Crippen LogP contribution in [-0.4, -0.2) is 23.6 Å². The minimum atomic E-state index is 0.338. The fourth-order valence-electron chi connectivity index (χ4n) is 1.66. The van der Waals surface area contributed by atoms with Gasteiger partial charge < -0.3 is 15.5 Å². The van der Waals surface area contributed by atoms with E-state index >= 15 is 0 Å². The van der Waals surface area contributed by atoms with Gasteiger partial charge in [-0.25, -0.2) is 15.8 Å². The molecule has 0 saturated heterocycles. The number of aromatic nitrogens is 2. The highest BCUT2D eigenvalue weighted by Gasteiger charge is 2.04. The molecule has 0 fully saturated rings. The molecule has 0 aliphatic heterocycles. The van der Waals surface area contributed by atoms with E-state index in [2.05, 4.69) is 20.7 Å². The molecule has 0 saturated carbocycles. The number of hydrogen-bond donors (Lipinski definition) is 3. The van der Waals surface area contributed by atoms with Gasteiger partial charge in [-0.1, -0.05) is 11.6 Å². The van der Waals surface area contributed by atoms with Gasteiger partial charge in [0.05, 0.1) is 4.34 Å². The van der Waals surface area contributed by atoms with Gasteiger partial charge in [-0.3, -0.25) is 0 Å². The number of rotatable bonds is 7. The molecule has 0 aromatic carbocycles. The molecule has 2 rings (SSSR count). The molecule has 0 atom stereocenters. The molecule has 2 aromatic rings. The molecule has 0 radical (unpaired) electrons. The van der Waals surface area contributed by atoms with Gasteiger partial charge >= 0.3 is 0 Å². The highest BCUT2D eigenvalue weighted by atomic mass is 35.5. The minimum absolute atomic E-state index is 0.338. The van der Waals surface area contributed by atoms with Crippen molar-refractivity contribution in [2.75, 3.05) is 24.4 Å². The number of nitrogens with one attached hydrogen (secondary N) is 2. The maximum Gasteiger partial charge on any atom is 0.158 e. The molecule has 0 spiro atoms. The fourth-order valence-corrected chi connectivity index (χ4v) is 2.74. The van der Waals surface area contributed by atoms with E-state index in [1.54, 1.807) is 24.5 Å². The largest absolute Gasteiger partial charge is 0.377 e. The second kappa shape index (κ2) is 7.39. The number of halogens is 1. The summed E-state index contributed by atoms with van der Waals surface area (Å²) in [6, 6.07) is 5.68. The Labute approximate surface area is 126 Å². The SMILES string of the molecule is COCc1nc(NN)cc(NCCc2ccc(Cl)s2)n1. The van der Waals surface area contributed by atoms with E-state index in [1.165, 1.54) is 4.88 Å². The number of nitrogen functional groups attached to an aromatic ring is 1. The van der Waals surface area contributed by atoms with E-state index < -0.39 is 0 Å². The molecule has 0 unspecified atom stereocenters. The summed E-state index contributed by atoms with van der Waals surface area (Å²) in [5.74, 6) is 7.22. The van der Waals surface area contributed by atoms with E-state index in [0.29, 0.717) is 24.1 Å². The average Bonchev–Trinajstić information content (AvgIpc) is 2.84. The number of hydrazine groups is 1. The highest BCUT2D eigenvalue weighted by Crippen LogP contribution is 2.21. The number of anilines is 2. The van der Waals surface area contributed by atoms with E-state index in [-0.39, 0.29) is 0 Å². The molecule has 8 heteroatoms. The molecule has 0 aliphatic carbocycles. The normalized spacial score (nSPS) is 10.6. The Morgan fingerprint density at radius 2 is 2.15 bits per heavy atom. The van der Waals surface area contributed by atoms with Gasteiger partial charge in [0.2, 0.25) is 0 Å². The maximum absolute atomic E-state index is 5.89. The summed E-state index contributed by atoms with van der Waals surface area (Å²) in [6.07, 6.45) is 0.881. The molecule has 2 heterocycles. The monoisotopic (exact) mass is 313 g/mol. The molecule has 0 amide bonds. The second-order valence-corrected chi connectivity index (χ2v) is 5.81. The van der Waals surface area contributed by atoms with Crippen LogP contribution in [0.3, 0.4) is 0 Å². The van der Waals surface area contributed by atoms with Gasteiger partial charge in [-0.15, -0.1) is 11.3 Å². The van der Waals surface area contributed by atoms with Crippen molar-refractivity contribution in [1.82, 2.24) is 9.97 Å². The Balaban J connectivity index is 1.95. The van der Waals surface area contributed by atoms with Crippen LogP contribution in [0, 0.1) is 0 Å². The molecule has 2 aromatic heterocycles. The first-order chi connectivity index (χ1) is 9.71. The van der Waals surface area contributed by atoms with Crippen molar-refractivity contribution >= 4 is 34.6 Å². The molecule has 6 nitrogen and oxygen atoms in total. The minimum Gasteiger partial charge on any atom is -0.377 e. The summed E-state index contributed by atoms with van der Waals surface area (Å²) < 4.78 is 5.83. The van der Waals surface area contributed by atoms with Crippen LogP contribution in [0.25, 0.3) is 0 Å². The number of nitrogens with zero attached hydrogens (tertiary/aromatic N) is 2. The summed E-state index contributed by atoms with van der Waals surface area (Å²) in [7, 11) is 1.60. The standard InChI is InChI=1S/C12H16ClN5OS/c1-19-7-12-16-10(6-11(17-12)18-14)15-5-4-8-2-3-9(13)20-8/h2-3,6H,4-5,7,14H2,1H3,(H2,15,16,17,18). The van der Waals surface area contributed by atoms with E-state index in [4.69, 9.17) is 22.2 Å². The van der Waals surface area contributed by atoms with Gasteiger partial charge in [0, 0.05) is 24.6 Å². The van der Waals surface area contributed by atoms with E-state index in [9.17, 15) is 0 Å². The smallest absolute Gasteiger partial charge is 0.158 e. The summed E-state index contributed by atoms with van der Waals surface area (Å²) >= 11 is 7.48. The first-order valence-corrected chi connectivity index (χ1v) is 7.22. The summed E-state index contributed by atoms with van der Waals surface area (Å²) in [5.41, 5.74) is 2.52. The summed E-state index contributed by atoms with van der Waals surface area (Å²) in [6.45, 7) is 1.09. The molecule has 0 bridgehead atoms. The van der Waals surface area contributed by atoms with Crippen LogP contribution >= 0.6 is 22.9 Å². The Morgan fingerprint density at radius 1 is 1.35 bits per heavy atom. The highest BCUT2D eigenvalue weighted by molar-refractivity contribution is 7.16. The Hall–Kier alpha value is -1.41. The zero-order valence-corrected chi connectivity index (χ0v) is 12.6. The fraction of sp³-hybridized carbons (Fsp3) is 0.333. The van der Waals surface area contributed by atoms with E-state index in [1.807, 2.05) is 12.1 Å². The number of ether oxygens (including phenoxy) is 1. The molecule has 108 valence electrons. The number of thiophene rings is 1. The quantitative estimate of drug-likeness (QED) is 0.537. The first-order valence-electron chi connectivity index (χ1n) is 6.03. The predicted molar refractivity (Wildman–Crippen MR) is 82.1 cm³/mol. The van der Waals surface area contributed by atoms with Crippen LogP contribution in [0.4, 0.5) is 11.6 Å². The van der Waals surface area contributed by atoms with Crippen LogP contribution < -0.4 is 16.6 Å². The number of hydrogen-bond acceptors (Lipinski definition) is 7. The van der Waals surface area contributed by atoms with Gasteiger partial charge in [-0.05, 0) is 18.6 Å². The topological polar surface area (TPSA) is 85.1 Å². The zero-order chi connectivity index (χ0) is 14.4. The van der Waals surface area contributed by atoms with Gasteiger partial charge in [-0.2, -0.15) is 0 Å².